The number of hydrogen-bond donors (Lipinski definition) is 2. The van der Waals surface area contributed by atoms with E-state index in [-0.39, 0.29) is 33.0 Å². The predicted octanol–water partition coefficient (Wildman–Crippen LogP) is 7.84. The maximum atomic E-state index is 14.2. The zero-order valence-electron chi connectivity index (χ0n) is 28.2. The number of aliphatic imine (C=N–C) groups is 1. The van der Waals surface area contributed by atoms with Gasteiger partial charge in [-0.2, -0.15) is 4.99 Å². The number of amidine groups is 1. The summed E-state index contributed by atoms with van der Waals surface area (Å²) >= 11 is 7.08. The third-order valence-corrected chi connectivity index (χ3v) is 9.39. The van der Waals surface area contributed by atoms with Gasteiger partial charge in [0.15, 0.2) is 5.17 Å². The Hall–Kier alpha value is -5.71. The highest BCUT2D eigenvalue weighted by Gasteiger charge is 2.35. The second-order valence-corrected chi connectivity index (χ2v) is 12.8. The molecule has 1 aliphatic rings. The molecule has 5 rings (SSSR count). The van der Waals surface area contributed by atoms with Gasteiger partial charge in [0.05, 0.1) is 22.4 Å². The van der Waals surface area contributed by atoms with E-state index in [9.17, 15) is 24.3 Å². The fourth-order valence-corrected chi connectivity index (χ4v) is 6.70. The maximum Gasteiger partial charge on any atom is 0.337 e. The molecule has 0 saturated carbocycles. The fourth-order valence-electron chi connectivity index (χ4n) is 5.70. The largest absolute Gasteiger partial charge is 0.478 e. The van der Waals surface area contributed by atoms with Gasteiger partial charge in [-0.1, -0.05) is 109 Å². The van der Waals surface area contributed by atoms with Crippen LogP contribution in [0.25, 0.3) is 11.8 Å². The molecule has 0 atom stereocenters. The lowest BCUT2D eigenvalue weighted by Gasteiger charge is -2.28. The van der Waals surface area contributed by atoms with Crippen molar-refractivity contribution in [1.29, 1.82) is 0 Å². The third-order valence-electron chi connectivity index (χ3n) is 8.12. The van der Waals surface area contributed by atoms with Crippen LogP contribution in [-0.4, -0.2) is 49.2 Å². The molecule has 0 saturated heterocycles. The molecule has 0 unspecified atom stereocenters. The van der Waals surface area contributed by atoms with E-state index < -0.39 is 23.8 Å². The number of carboxylic acids is 1. The van der Waals surface area contributed by atoms with Gasteiger partial charge in [-0.25, -0.2) is 4.79 Å². The number of aromatic carboxylic acids is 1. The number of carboxylic acid groups (broad SMARTS) is 1. The number of amides is 3. The van der Waals surface area contributed by atoms with E-state index in [1.807, 2.05) is 72.2 Å². The Morgan fingerprint density at radius 1 is 1.00 bits per heavy atom. The molecule has 0 aliphatic carbocycles. The number of nitrogens with one attached hydrogen (secondary N) is 1. The molecule has 1 aliphatic heterocycles. The summed E-state index contributed by atoms with van der Waals surface area (Å²) in [7, 11) is 0. The van der Waals surface area contributed by atoms with E-state index >= 15 is 0 Å². The summed E-state index contributed by atoms with van der Waals surface area (Å²) in [6, 6.07) is 25.2. The molecule has 0 fully saturated rings. The Balaban J connectivity index is 1.46. The van der Waals surface area contributed by atoms with E-state index in [4.69, 9.17) is 11.6 Å². The summed E-state index contributed by atoms with van der Waals surface area (Å²) in [5, 5.41) is 12.8. The summed E-state index contributed by atoms with van der Waals surface area (Å²) in [4.78, 5) is 58.5. The van der Waals surface area contributed by atoms with Gasteiger partial charge in [0.2, 0.25) is 5.91 Å². The molecule has 9 nitrogen and oxygen atoms in total. The van der Waals surface area contributed by atoms with Gasteiger partial charge in [-0.3, -0.25) is 19.3 Å². The quantitative estimate of drug-likeness (QED) is 0.0926. The Morgan fingerprint density at radius 3 is 2.24 bits per heavy atom. The molecule has 11 heteroatoms. The number of carbonyl (C=O) groups is 4. The van der Waals surface area contributed by atoms with Crippen LogP contribution in [0.3, 0.4) is 0 Å². The second kappa shape index (κ2) is 16.3. The van der Waals surface area contributed by atoms with E-state index in [1.165, 1.54) is 23.1 Å². The van der Waals surface area contributed by atoms with Crippen molar-refractivity contribution in [2.24, 2.45) is 4.99 Å². The topological polar surface area (TPSA) is 121 Å². The SMILES string of the molecule is C=C/C=C\C(=C/C)N1C(=O)/C(=C/c2cc(C)n(-c3ccc(Cl)c(C(=O)O)c3)c2C)C(=O)N=C1SCC(=O)NC(c1ccccc1)c1ccccc1. The number of aromatic nitrogens is 1. The average Bonchev–Trinajstić information content (AvgIpc) is 3.41. The molecular formula is C40H35ClN4O5S. The first kappa shape index (κ1) is 36.6. The van der Waals surface area contributed by atoms with Crippen LogP contribution in [0.1, 0.15) is 51.4 Å². The highest BCUT2D eigenvalue weighted by atomic mass is 35.5. The zero-order valence-corrected chi connectivity index (χ0v) is 29.7. The lowest BCUT2D eigenvalue weighted by atomic mass is 9.99. The smallest absolute Gasteiger partial charge is 0.337 e. The van der Waals surface area contributed by atoms with Gasteiger partial charge in [0, 0.05) is 22.8 Å². The van der Waals surface area contributed by atoms with Crippen molar-refractivity contribution in [3.8, 4) is 5.69 Å². The van der Waals surface area contributed by atoms with E-state index in [2.05, 4.69) is 16.9 Å². The van der Waals surface area contributed by atoms with Gasteiger partial charge in [-0.15, -0.1) is 0 Å². The molecule has 3 aromatic carbocycles. The van der Waals surface area contributed by atoms with Crippen molar-refractivity contribution in [2.45, 2.75) is 26.8 Å². The first-order chi connectivity index (χ1) is 24.5. The van der Waals surface area contributed by atoms with Crippen LogP contribution in [0.4, 0.5) is 0 Å². The molecule has 2 N–H and O–H groups in total. The minimum atomic E-state index is -1.16. The van der Waals surface area contributed by atoms with Gasteiger partial charge in [-0.05, 0) is 73.9 Å². The summed E-state index contributed by atoms with van der Waals surface area (Å²) in [5.41, 5.74) is 4.55. The van der Waals surface area contributed by atoms with Crippen LogP contribution in [-0.2, 0) is 14.4 Å². The number of nitrogens with zero attached hydrogens (tertiary/aromatic N) is 3. The molecule has 0 bridgehead atoms. The number of aryl methyl sites for hydroxylation is 1. The molecule has 258 valence electrons. The highest BCUT2D eigenvalue weighted by Crippen LogP contribution is 2.30. The van der Waals surface area contributed by atoms with E-state index in [0.717, 1.165) is 28.6 Å². The van der Waals surface area contributed by atoms with Crippen LogP contribution in [0.2, 0.25) is 5.02 Å². The number of rotatable bonds is 11. The zero-order chi connectivity index (χ0) is 36.7. The number of halogens is 1. The van der Waals surface area contributed by atoms with Crippen molar-refractivity contribution in [3.63, 3.8) is 0 Å². The standard InChI is InChI=1S/C40H35ClN4O5S/c1-5-7-18-30(6-2)45-38(48)33(22-29-21-25(3)44(26(29)4)31-19-20-34(41)32(23-31)39(49)50)37(47)43-40(45)51-24-35(46)42-36(27-14-10-8-11-15-27)28-16-12-9-13-17-28/h5-23,36H,1,24H2,2-4H3,(H,42,46)(H,49,50)/b18-7-,30-6+,33-22+. The van der Waals surface area contributed by atoms with Crippen molar-refractivity contribution in [3.05, 3.63) is 166 Å². The summed E-state index contributed by atoms with van der Waals surface area (Å²) in [6.45, 7) is 9.10. The van der Waals surface area contributed by atoms with Crippen LogP contribution in [0, 0.1) is 13.8 Å². The van der Waals surface area contributed by atoms with Crippen LogP contribution in [0.15, 0.2) is 132 Å². The first-order valence-corrected chi connectivity index (χ1v) is 17.3. The van der Waals surface area contributed by atoms with Gasteiger partial charge in [0.1, 0.15) is 5.57 Å². The normalized spacial score (nSPS) is 14.4. The van der Waals surface area contributed by atoms with Crippen LogP contribution in [0.5, 0.6) is 0 Å². The predicted molar refractivity (Wildman–Crippen MR) is 203 cm³/mol. The Labute approximate surface area is 305 Å². The molecule has 1 aromatic heterocycles. The summed E-state index contributed by atoms with van der Waals surface area (Å²) in [6.07, 6.45) is 8.08. The summed E-state index contributed by atoms with van der Waals surface area (Å²) < 4.78 is 1.82. The van der Waals surface area contributed by atoms with Gasteiger partial charge < -0.3 is 15.0 Å². The lowest BCUT2D eigenvalue weighted by Crippen LogP contribution is -2.42. The number of hydrogen-bond acceptors (Lipinski definition) is 5. The Bertz CT molecular complexity index is 2090. The maximum absolute atomic E-state index is 14.2. The lowest BCUT2D eigenvalue weighted by molar-refractivity contribution is -0.126. The van der Waals surface area contributed by atoms with Crippen molar-refractivity contribution >= 4 is 58.3 Å². The molecule has 0 radical (unpaired) electrons. The first-order valence-electron chi connectivity index (χ1n) is 15.9. The Morgan fingerprint density at radius 2 is 1.65 bits per heavy atom. The minimum Gasteiger partial charge on any atom is -0.478 e. The van der Waals surface area contributed by atoms with Gasteiger partial charge in [0.25, 0.3) is 11.8 Å². The van der Waals surface area contributed by atoms with Crippen molar-refractivity contribution in [1.82, 2.24) is 14.8 Å². The summed E-state index contributed by atoms with van der Waals surface area (Å²) in [5.74, 6) is -2.96. The average molecular weight is 719 g/mol. The molecule has 4 aromatic rings. The van der Waals surface area contributed by atoms with Crippen molar-refractivity contribution in [2.75, 3.05) is 5.75 Å². The number of allylic oxidation sites excluding steroid dienone is 4. The fraction of sp³-hybridized carbons (Fsp3) is 0.125. The second-order valence-electron chi connectivity index (χ2n) is 11.4. The molecule has 0 spiro atoms. The van der Waals surface area contributed by atoms with E-state index in [0.29, 0.717) is 22.6 Å². The highest BCUT2D eigenvalue weighted by molar-refractivity contribution is 8.14. The number of carbonyl (C=O) groups excluding carboxylic acids is 3. The van der Waals surface area contributed by atoms with Crippen LogP contribution >= 0.6 is 23.4 Å². The molecule has 3 amide bonds. The molecular weight excluding hydrogens is 684 g/mol. The van der Waals surface area contributed by atoms with Crippen LogP contribution < -0.4 is 5.32 Å². The Kier molecular flexibility index (Phi) is 11.7. The van der Waals surface area contributed by atoms with Crippen molar-refractivity contribution < 1.29 is 24.3 Å². The third kappa shape index (κ3) is 8.20. The monoisotopic (exact) mass is 718 g/mol. The molecule has 51 heavy (non-hydrogen) atoms. The van der Waals surface area contributed by atoms with Gasteiger partial charge >= 0.3 is 5.97 Å². The molecule has 2 heterocycles. The number of thioether (sulfide) groups is 1. The minimum absolute atomic E-state index is 0.0509. The number of benzene rings is 3. The van der Waals surface area contributed by atoms with E-state index in [1.54, 1.807) is 50.3 Å².